The molecule has 3 unspecified atom stereocenters. The average molecular weight is 264 g/mol. The minimum atomic E-state index is -0.260. The van der Waals surface area contributed by atoms with E-state index < -0.39 is 0 Å². The van der Waals surface area contributed by atoms with Crippen molar-refractivity contribution in [1.82, 2.24) is 10.2 Å². The predicted molar refractivity (Wildman–Crippen MR) is 77.1 cm³/mol. The summed E-state index contributed by atoms with van der Waals surface area (Å²) in [4.78, 5) is 15.1. The number of rotatable bonds is 4. The van der Waals surface area contributed by atoms with Gasteiger partial charge >= 0.3 is 0 Å². The lowest BCUT2D eigenvalue weighted by molar-refractivity contribution is -0.131. The van der Waals surface area contributed by atoms with E-state index in [9.17, 15) is 4.79 Å². The topological polar surface area (TPSA) is 32.3 Å². The zero-order chi connectivity index (χ0) is 13.5. The quantitative estimate of drug-likeness (QED) is 0.843. The molecule has 108 valence electrons. The number of Topliss-reactive ketones (excluding diaryl/α,β-unsaturated/α-hetero) is 1. The van der Waals surface area contributed by atoms with Gasteiger partial charge in [-0.05, 0) is 50.9 Å². The summed E-state index contributed by atoms with van der Waals surface area (Å²) in [6.07, 6.45) is 6.38. The van der Waals surface area contributed by atoms with Crippen LogP contribution in [0.3, 0.4) is 0 Å². The molecule has 3 fully saturated rings. The maximum atomic E-state index is 12.7. The number of fused-ring (bicyclic) bond motifs is 2. The van der Waals surface area contributed by atoms with E-state index in [1.165, 1.54) is 25.7 Å². The van der Waals surface area contributed by atoms with Crippen LogP contribution in [0.1, 0.15) is 46.0 Å². The smallest absolute Gasteiger partial charge is 0.152 e. The summed E-state index contributed by atoms with van der Waals surface area (Å²) in [7, 11) is 0. The van der Waals surface area contributed by atoms with Crippen LogP contribution < -0.4 is 5.32 Å². The van der Waals surface area contributed by atoms with Gasteiger partial charge in [-0.3, -0.25) is 9.69 Å². The molecule has 0 aromatic rings. The second kappa shape index (κ2) is 5.17. The molecule has 2 bridgehead atoms. The second-order valence-electron chi connectivity index (χ2n) is 7.36. The Balaban J connectivity index is 1.59. The molecule has 0 radical (unpaired) electrons. The van der Waals surface area contributed by atoms with Gasteiger partial charge in [0.2, 0.25) is 0 Å². The molecular weight excluding hydrogens is 236 g/mol. The SMILES string of the molecule is CC(C)(C(=O)CC1CC2CCC1C2)N1CCNCC1. The number of carbonyl (C=O) groups is 1. The van der Waals surface area contributed by atoms with E-state index in [0.29, 0.717) is 11.7 Å². The van der Waals surface area contributed by atoms with Crippen molar-refractivity contribution in [2.24, 2.45) is 17.8 Å². The van der Waals surface area contributed by atoms with Crippen molar-refractivity contribution in [3.05, 3.63) is 0 Å². The number of hydrogen-bond acceptors (Lipinski definition) is 3. The number of piperazine rings is 1. The molecule has 2 aliphatic carbocycles. The first-order chi connectivity index (χ1) is 9.07. The van der Waals surface area contributed by atoms with Crippen LogP contribution in [0.4, 0.5) is 0 Å². The highest BCUT2D eigenvalue weighted by atomic mass is 16.1. The Morgan fingerprint density at radius 3 is 2.53 bits per heavy atom. The summed E-state index contributed by atoms with van der Waals surface area (Å²) in [5.41, 5.74) is -0.260. The minimum absolute atomic E-state index is 0.260. The van der Waals surface area contributed by atoms with Crippen LogP contribution in [0, 0.1) is 17.8 Å². The molecule has 3 nitrogen and oxygen atoms in total. The summed E-state index contributed by atoms with van der Waals surface area (Å²) < 4.78 is 0. The molecule has 0 aromatic heterocycles. The molecule has 3 aliphatic rings. The molecule has 0 spiro atoms. The molecule has 3 heteroatoms. The third kappa shape index (κ3) is 2.59. The minimum Gasteiger partial charge on any atom is -0.314 e. The summed E-state index contributed by atoms with van der Waals surface area (Å²) in [5, 5.41) is 3.37. The molecule has 1 saturated heterocycles. The normalized spacial score (nSPS) is 35.8. The number of ketones is 1. The van der Waals surface area contributed by atoms with Crippen LogP contribution in [-0.2, 0) is 4.79 Å². The number of nitrogens with one attached hydrogen (secondary N) is 1. The highest BCUT2D eigenvalue weighted by Crippen LogP contribution is 2.50. The van der Waals surface area contributed by atoms with Crippen molar-refractivity contribution in [1.29, 1.82) is 0 Å². The van der Waals surface area contributed by atoms with Crippen LogP contribution >= 0.6 is 0 Å². The highest BCUT2D eigenvalue weighted by Gasteiger charge is 2.43. The number of nitrogens with zero attached hydrogens (tertiary/aromatic N) is 1. The third-order valence-corrected chi connectivity index (χ3v) is 5.92. The van der Waals surface area contributed by atoms with E-state index in [2.05, 4.69) is 24.1 Å². The molecule has 19 heavy (non-hydrogen) atoms. The van der Waals surface area contributed by atoms with Gasteiger partial charge in [-0.25, -0.2) is 0 Å². The molecule has 1 aliphatic heterocycles. The fourth-order valence-corrected chi connectivity index (χ4v) is 4.51. The maximum Gasteiger partial charge on any atom is 0.152 e. The lowest BCUT2D eigenvalue weighted by Gasteiger charge is -2.40. The molecule has 3 atom stereocenters. The Kier molecular flexibility index (Phi) is 3.69. The van der Waals surface area contributed by atoms with Crippen molar-refractivity contribution in [2.75, 3.05) is 26.2 Å². The van der Waals surface area contributed by atoms with E-state index in [4.69, 9.17) is 0 Å². The molecule has 0 aromatic carbocycles. The lowest BCUT2D eigenvalue weighted by Crippen LogP contribution is -2.57. The Bertz CT molecular complexity index is 347. The summed E-state index contributed by atoms with van der Waals surface area (Å²) in [6.45, 7) is 8.32. The Labute approximate surface area is 117 Å². The van der Waals surface area contributed by atoms with Gasteiger partial charge in [-0.1, -0.05) is 6.42 Å². The summed E-state index contributed by atoms with van der Waals surface area (Å²) >= 11 is 0. The molecule has 3 rings (SSSR count). The van der Waals surface area contributed by atoms with Crippen LogP contribution in [0.5, 0.6) is 0 Å². The number of hydrogen-bond donors (Lipinski definition) is 1. The van der Waals surface area contributed by atoms with Crippen molar-refractivity contribution in [3.63, 3.8) is 0 Å². The van der Waals surface area contributed by atoms with Crippen LogP contribution in [0.25, 0.3) is 0 Å². The molecule has 1 N–H and O–H groups in total. The fourth-order valence-electron chi connectivity index (χ4n) is 4.51. The van der Waals surface area contributed by atoms with Gasteiger partial charge in [0, 0.05) is 32.6 Å². The van der Waals surface area contributed by atoms with Crippen LogP contribution in [0.15, 0.2) is 0 Å². The first-order valence-corrected chi connectivity index (χ1v) is 8.06. The van der Waals surface area contributed by atoms with Gasteiger partial charge in [0.25, 0.3) is 0 Å². The van der Waals surface area contributed by atoms with Gasteiger partial charge in [0.1, 0.15) is 0 Å². The Hall–Kier alpha value is -0.410. The average Bonchev–Trinajstić information content (AvgIpc) is 3.02. The van der Waals surface area contributed by atoms with E-state index in [1.54, 1.807) is 0 Å². The van der Waals surface area contributed by atoms with E-state index in [1.807, 2.05) is 0 Å². The largest absolute Gasteiger partial charge is 0.314 e. The fraction of sp³-hybridized carbons (Fsp3) is 0.938. The third-order valence-electron chi connectivity index (χ3n) is 5.92. The van der Waals surface area contributed by atoms with Gasteiger partial charge in [-0.15, -0.1) is 0 Å². The van der Waals surface area contributed by atoms with Crippen LogP contribution in [-0.4, -0.2) is 42.4 Å². The standard InChI is InChI=1S/C16H28N2O/c1-16(2,18-7-5-17-6-8-18)15(19)11-14-10-12-3-4-13(14)9-12/h12-14,17H,3-11H2,1-2H3. The maximum absolute atomic E-state index is 12.7. The van der Waals surface area contributed by atoms with Gasteiger partial charge in [-0.2, -0.15) is 0 Å². The van der Waals surface area contributed by atoms with Crippen molar-refractivity contribution >= 4 is 5.78 Å². The molecular formula is C16H28N2O. The molecule has 0 amide bonds. The molecule has 2 saturated carbocycles. The monoisotopic (exact) mass is 264 g/mol. The van der Waals surface area contributed by atoms with Crippen molar-refractivity contribution < 1.29 is 4.79 Å². The number of carbonyl (C=O) groups excluding carboxylic acids is 1. The Morgan fingerprint density at radius 2 is 1.95 bits per heavy atom. The second-order valence-corrected chi connectivity index (χ2v) is 7.36. The highest BCUT2D eigenvalue weighted by molar-refractivity contribution is 5.87. The molecule has 1 heterocycles. The van der Waals surface area contributed by atoms with E-state index >= 15 is 0 Å². The van der Waals surface area contributed by atoms with Gasteiger partial charge < -0.3 is 5.32 Å². The van der Waals surface area contributed by atoms with E-state index in [0.717, 1.165) is 44.4 Å². The predicted octanol–water partition coefficient (Wildman–Crippen LogP) is 2.07. The van der Waals surface area contributed by atoms with Gasteiger partial charge in [0.05, 0.1) is 5.54 Å². The Morgan fingerprint density at radius 1 is 1.21 bits per heavy atom. The summed E-state index contributed by atoms with van der Waals surface area (Å²) in [6, 6.07) is 0. The lowest BCUT2D eigenvalue weighted by atomic mass is 9.81. The zero-order valence-corrected chi connectivity index (χ0v) is 12.5. The first kappa shape index (κ1) is 13.6. The van der Waals surface area contributed by atoms with Crippen molar-refractivity contribution in [2.45, 2.75) is 51.5 Å². The van der Waals surface area contributed by atoms with E-state index in [-0.39, 0.29) is 5.54 Å². The van der Waals surface area contributed by atoms with Crippen LogP contribution in [0.2, 0.25) is 0 Å². The van der Waals surface area contributed by atoms with Gasteiger partial charge in [0.15, 0.2) is 5.78 Å². The zero-order valence-electron chi connectivity index (χ0n) is 12.5. The first-order valence-electron chi connectivity index (χ1n) is 8.06. The van der Waals surface area contributed by atoms with Crippen molar-refractivity contribution in [3.8, 4) is 0 Å². The summed E-state index contributed by atoms with van der Waals surface area (Å²) in [5.74, 6) is 3.00.